The fourth-order valence-corrected chi connectivity index (χ4v) is 3.45. The Labute approximate surface area is 106 Å². The Balaban J connectivity index is 1.99. The van der Waals surface area contributed by atoms with Crippen molar-refractivity contribution in [3.8, 4) is 0 Å². The van der Waals surface area contributed by atoms with Gasteiger partial charge in [0.05, 0.1) is 6.61 Å². The van der Waals surface area contributed by atoms with Crippen LogP contribution in [0.1, 0.15) is 39.5 Å². The molecule has 2 aliphatic rings. The highest BCUT2D eigenvalue weighted by atomic mass is 16.5. The molecule has 100 valence electrons. The molecule has 0 radical (unpaired) electrons. The predicted molar refractivity (Wildman–Crippen MR) is 71.0 cm³/mol. The summed E-state index contributed by atoms with van der Waals surface area (Å²) in [5.41, 5.74) is 6.04. The van der Waals surface area contributed by atoms with Crippen molar-refractivity contribution in [3.63, 3.8) is 0 Å². The number of likely N-dealkylation sites (tertiary alicyclic amines) is 1. The molecule has 0 aromatic carbocycles. The largest absolute Gasteiger partial charge is 0.381 e. The number of nitrogens with zero attached hydrogens (tertiary/aromatic N) is 1. The summed E-state index contributed by atoms with van der Waals surface area (Å²) in [5, 5.41) is 0. The molecule has 17 heavy (non-hydrogen) atoms. The monoisotopic (exact) mass is 240 g/mol. The molecule has 3 heteroatoms. The molecule has 2 fully saturated rings. The zero-order valence-electron chi connectivity index (χ0n) is 11.4. The Morgan fingerprint density at radius 2 is 2.12 bits per heavy atom. The first-order chi connectivity index (χ1) is 8.22. The molecule has 2 N–H and O–H groups in total. The van der Waals surface area contributed by atoms with Crippen molar-refractivity contribution in [1.29, 1.82) is 0 Å². The van der Waals surface area contributed by atoms with E-state index in [1.807, 2.05) is 0 Å². The van der Waals surface area contributed by atoms with Gasteiger partial charge in [0.2, 0.25) is 0 Å². The van der Waals surface area contributed by atoms with Crippen LogP contribution in [0.15, 0.2) is 0 Å². The number of ether oxygens (including phenoxy) is 1. The third kappa shape index (κ3) is 3.21. The Morgan fingerprint density at radius 3 is 2.76 bits per heavy atom. The van der Waals surface area contributed by atoms with Crippen molar-refractivity contribution in [3.05, 3.63) is 0 Å². The van der Waals surface area contributed by atoms with Gasteiger partial charge in [0.15, 0.2) is 0 Å². The van der Waals surface area contributed by atoms with Gasteiger partial charge in [-0.05, 0) is 44.4 Å². The van der Waals surface area contributed by atoms with E-state index in [1.165, 1.54) is 32.2 Å². The van der Waals surface area contributed by atoms with Gasteiger partial charge in [0, 0.05) is 31.8 Å². The lowest BCUT2D eigenvalue weighted by molar-refractivity contribution is -0.0148. The molecule has 2 heterocycles. The van der Waals surface area contributed by atoms with Crippen LogP contribution in [-0.2, 0) is 4.74 Å². The molecule has 0 amide bonds. The van der Waals surface area contributed by atoms with Crippen molar-refractivity contribution in [2.24, 2.45) is 17.6 Å². The first kappa shape index (κ1) is 13.3. The Bertz CT molecular complexity index is 228. The fraction of sp³-hybridized carbons (Fsp3) is 1.00. The Hall–Kier alpha value is -0.120. The molecule has 0 aliphatic carbocycles. The minimum Gasteiger partial charge on any atom is -0.381 e. The zero-order chi connectivity index (χ0) is 12.3. The van der Waals surface area contributed by atoms with Crippen molar-refractivity contribution >= 4 is 0 Å². The molecule has 2 saturated heterocycles. The zero-order valence-corrected chi connectivity index (χ0v) is 11.4. The van der Waals surface area contributed by atoms with Crippen molar-refractivity contribution in [2.75, 3.05) is 26.3 Å². The van der Waals surface area contributed by atoms with E-state index in [2.05, 4.69) is 18.7 Å². The van der Waals surface area contributed by atoms with Gasteiger partial charge in [-0.3, -0.25) is 4.90 Å². The summed E-state index contributed by atoms with van der Waals surface area (Å²) in [6, 6.07) is 1.23. The lowest BCUT2D eigenvalue weighted by atomic mass is 9.87. The quantitative estimate of drug-likeness (QED) is 0.818. The first-order valence-electron chi connectivity index (χ1n) is 7.26. The highest BCUT2D eigenvalue weighted by molar-refractivity contribution is 4.88. The van der Waals surface area contributed by atoms with Crippen LogP contribution in [0.5, 0.6) is 0 Å². The van der Waals surface area contributed by atoms with E-state index in [9.17, 15) is 0 Å². The third-order valence-corrected chi connectivity index (χ3v) is 4.57. The third-order valence-electron chi connectivity index (χ3n) is 4.57. The molecule has 4 unspecified atom stereocenters. The van der Waals surface area contributed by atoms with Gasteiger partial charge in [-0.15, -0.1) is 0 Å². The van der Waals surface area contributed by atoms with Gasteiger partial charge in [-0.1, -0.05) is 6.92 Å². The van der Waals surface area contributed by atoms with Crippen LogP contribution in [-0.4, -0.2) is 43.3 Å². The van der Waals surface area contributed by atoms with Crippen LogP contribution in [0.3, 0.4) is 0 Å². The number of hydrogen-bond donors (Lipinski definition) is 1. The number of hydrogen-bond acceptors (Lipinski definition) is 3. The molecule has 0 saturated carbocycles. The predicted octanol–water partition coefficient (Wildman–Crippen LogP) is 1.86. The maximum atomic E-state index is 6.04. The lowest BCUT2D eigenvalue weighted by Gasteiger charge is -2.45. The van der Waals surface area contributed by atoms with Crippen LogP contribution >= 0.6 is 0 Å². The second-order valence-corrected chi connectivity index (χ2v) is 6.01. The van der Waals surface area contributed by atoms with E-state index in [-0.39, 0.29) is 0 Å². The smallest absolute Gasteiger partial charge is 0.0509 e. The van der Waals surface area contributed by atoms with Crippen molar-refractivity contribution in [2.45, 2.75) is 51.6 Å². The van der Waals surface area contributed by atoms with E-state index in [4.69, 9.17) is 10.5 Å². The molecular formula is C14H28N2O. The SMILES string of the molecule is CC1CCC(C)N(C(CN)C2CCCOC2)C1. The maximum absolute atomic E-state index is 6.04. The van der Waals surface area contributed by atoms with Crippen molar-refractivity contribution in [1.82, 2.24) is 4.90 Å². The molecule has 4 atom stereocenters. The van der Waals surface area contributed by atoms with Crippen LogP contribution in [0.25, 0.3) is 0 Å². The first-order valence-corrected chi connectivity index (χ1v) is 7.26. The summed E-state index contributed by atoms with van der Waals surface area (Å²) >= 11 is 0. The molecule has 0 aromatic heterocycles. The van der Waals surface area contributed by atoms with Gasteiger partial charge in [0.25, 0.3) is 0 Å². The number of nitrogens with two attached hydrogens (primary N) is 1. The number of rotatable bonds is 3. The minimum atomic E-state index is 0.535. The van der Waals surface area contributed by atoms with Gasteiger partial charge >= 0.3 is 0 Å². The van der Waals surface area contributed by atoms with E-state index in [1.54, 1.807) is 0 Å². The minimum absolute atomic E-state index is 0.535. The molecule has 0 aromatic rings. The highest BCUT2D eigenvalue weighted by Crippen LogP contribution is 2.28. The summed E-state index contributed by atoms with van der Waals surface area (Å²) in [6.07, 6.45) is 5.19. The van der Waals surface area contributed by atoms with Crippen LogP contribution in [0.2, 0.25) is 0 Å². The van der Waals surface area contributed by atoms with Crippen LogP contribution in [0.4, 0.5) is 0 Å². The lowest BCUT2D eigenvalue weighted by Crippen LogP contribution is -2.54. The molecule has 2 rings (SSSR count). The second-order valence-electron chi connectivity index (χ2n) is 6.01. The van der Waals surface area contributed by atoms with Gasteiger partial charge < -0.3 is 10.5 Å². The standard InChI is InChI=1S/C14H28N2O/c1-11-5-6-12(2)16(9-11)14(8-15)13-4-3-7-17-10-13/h11-14H,3-10,15H2,1-2H3. The molecule has 3 nitrogen and oxygen atoms in total. The van der Waals surface area contributed by atoms with Gasteiger partial charge in [-0.25, -0.2) is 0 Å². The van der Waals surface area contributed by atoms with Crippen molar-refractivity contribution < 1.29 is 4.74 Å². The highest BCUT2D eigenvalue weighted by Gasteiger charge is 2.33. The molecule has 0 bridgehead atoms. The average Bonchev–Trinajstić information content (AvgIpc) is 2.36. The Kier molecular flexibility index (Phi) is 4.83. The normalized spacial score (nSPS) is 37.9. The van der Waals surface area contributed by atoms with E-state index in [0.717, 1.165) is 25.7 Å². The van der Waals surface area contributed by atoms with E-state index >= 15 is 0 Å². The van der Waals surface area contributed by atoms with Crippen LogP contribution < -0.4 is 5.73 Å². The summed E-state index contributed by atoms with van der Waals surface area (Å²) < 4.78 is 5.64. The average molecular weight is 240 g/mol. The molecular weight excluding hydrogens is 212 g/mol. The van der Waals surface area contributed by atoms with E-state index in [0.29, 0.717) is 18.0 Å². The fourth-order valence-electron chi connectivity index (χ4n) is 3.45. The molecule has 0 spiro atoms. The summed E-state index contributed by atoms with van der Waals surface area (Å²) in [5.74, 6) is 1.48. The second kappa shape index (κ2) is 6.17. The number of piperidine rings is 1. The van der Waals surface area contributed by atoms with Gasteiger partial charge in [0.1, 0.15) is 0 Å². The summed E-state index contributed by atoms with van der Waals surface area (Å²) in [6.45, 7) is 8.59. The molecule has 2 aliphatic heterocycles. The van der Waals surface area contributed by atoms with Crippen LogP contribution in [0, 0.1) is 11.8 Å². The Morgan fingerprint density at radius 1 is 1.29 bits per heavy atom. The van der Waals surface area contributed by atoms with Gasteiger partial charge in [-0.2, -0.15) is 0 Å². The summed E-state index contributed by atoms with van der Waals surface area (Å²) in [7, 11) is 0. The van der Waals surface area contributed by atoms with E-state index < -0.39 is 0 Å². The topological polar surface area (TPSA) is 38.5 Å². The summed E-state index contributed by atoms with van der Waals surface area (Å²) in [4.78, 5) is 2.66. The maximum Gasteiger partial charge on any atom is 0.0509 e.